The van der Waals surface area contributed by atoms with Crippen molar-refractivity contribution in [1.29, 1.82) is 0 Å². The molecule has 3 rings (SSSR count). The zero-order valence-electron chi connectivity index (χ0n) is 11.8. The van der Waals surface area contributed by atoms with Crippen LogP contribution in [0.3, 0.4) is 0 Å². The Morgan fingerprint density at radius 1 is 1.25 bits per heavy atom. The molecule has 0 aliphatic rings. The second-order valence-corrected chi connectivity index (χ2v) is 5.92. The first-order chi connectivity index (χ1) is 9.75. The third kappa shape index (κ3) is 2.65. The van der Waals surface area contributed by atoms with Crippen LogP contribution in [0.1, 0.15) is 29.9 Å². The van der Waals surface area contributed by atoms with Crippen molar-refractivity contribution in [2.24, 2.45) is 0 Å². The Kier molecular flexibility index (Phi) is 3.90. The Balaban J connectivity index is 1.69. The fourth-order valence-electron chi connectivity index (χ4n) is 2.57. The minimum absolute atomic E-state index is 0.237. The van der Waals surface area contributed by atoms with Gasteiger partial charge in [-0.1, -0.05) is 18.2 Å². The maximum atomic E-state index is 5.99. The summed E-state index contributed by atoms with van der Waals surface area (Å²) >= 11 is 1.75. The molecule has 104 valence electrons. The SMILES string of the molecule is Cc1c(C(C)NCCc2ccsc2)oc2ccccc12. The van der Waals surface area contributed by atoms with Gasteiger partial charge in [0.15, 0.2) is 0 Å². The summed E-state index contributed by atoms with van der Waals surface area (Å²) in [5.41, 5.74) is 3.62. The van der Waals surface area contributed by atoms with E-state index >= 15 is 0 Å². The molecule has 0 saturated carbocycles. The molecule has 0 spiro atoms. The number of para-hydroxylation sites is 1. The summed E-state index contributed by atoms with van der Waals surface area (Å²) in [4.78, 5) is 0. The van der Waals surface area contributed by atoms with E-state index in [2.05, 4.69) is 48.1 Å². The van der Waals surface area contributed by atoms with Gasteiger partial charge in [-0.15, -0.1) is 0 Å². The molecule has 3 heteroatoms. The lowest BCUT2D eigenvalue weighted by molar-refractivity contribution is 0.450. The minimum atomic E-state index is 0.237. The van der Waals surface area contributed by atoms with Gasteiger partial charge in [-0.25, -0.2) is 0 Å². The van der Waals surface area contributed by atoms with Crippen LogP contribution in [0.2, 0.25) is 0 Å². The molecule has 2 aromatic heterocycles. The minimum Gasteiger partial charge on any atom is -0.459 e. The normalized spacial score (nSPS) is 12.9. The fourth-order valence-corrected chi connectivity index (χ4v) is 3.27. The lowest BCUT2D eigenvalue weighted by atomic mass is 10.1. The van der Waals surface area contributed by atoms with E-state index in [-0.39, 0.29) is 6.04 Å². The molecule has 2 heterocycles. The number of nitrogens with one attached hydrogen (secondary N) is 1. The van der Waals surface area contributed by atoms with Gasteiger partial charge in [0.25, 0.3) is 0 Å². The summed E-state index contributed by atoms with van der Waals surface area (Å²) in [6.07, 6.45) is 1.06. The van der Waals surface area contributed by atoms with Crippen LogP contribution >= 0.6 is 11.3 Å². The lowest BCUT2D eigenvalue weighted by Gasteiger charge is -2.12. The van der Waals surface area contributed by atoms with Crippen LogP contribution in [-0.2, 0) is 6.42 Å². The molecule has 1 N–H and O–H groups in total. The molecule has 2 nitrogen and oxygen atoms in total. The highest BCUT2D eigenvalue weighted by atomic mass is 32.1. The van der Waals surface area contributed by atoms with Crippen molar-refractivity contribution in [3.05, 3.63) is 58.0 Å². The Morgan fingerprint density at radius 2 is 2.10 bits per heavy atom. The molecule has 0 saturated heterocycles. The highest BCUT2D eigenvalue weighted by Gasteiger charge is 2.15. The van der Waals surface area contributed by atoms with Crippen molar-refractivity contribution in [1.82, 2.24) is 5.32 Å². The number of aryl methyl sites for hydroxylation is 1. The van der Waals surface area contributed by atoms with Crippen LogP contribution in [0.25, 0.3) is 11.0 Å². The van der Waals surface area contributed by atoms with Gasteiger partial charge in [0.1, 0.15) is 11.3 Å². The topological polar surface area (TPSA) is 25.2 Å². The first-order valence-electron chi connectivity index (χ1n) is 6.98. The average Bonchev–Trinajstić information content (AvgIpc) is 3.08. The fraction of sp³-hybridized carbons (Fsp3) is 0.294. The van der Waals surface area contributed by atoms with Crippen molar-refractivity contribution < 1.29 is 4.42 Å². The predicted molar refractivity (Wildman–Crippen MR) is 85.4 cm³/mol. The van der Waals surface area contributed by atoms with Crippen LogP contribution in [0.4, 0.5) is 0 Å². The van der Waals surface area contributed by atoms with Gasteiger partial charge in [-0.05, 0) is 60.8 Å². The summed E-state index contributed by atoms with van der Waals surface area (Å²) in [7, 11) is 0. The predicted octanol–water partition coefficient (Wildman–Crippen LogP) is 4.70. The van der Waals surface area contributed by atoms with Gasteiger partial charge in [0, 0.05) is 5.39 Å². The molecule has 1 aromatic carbocycles. The van der Waals surface area contributed by atoms with E-state index in [9.17, 15) is 0 Å². The maximum absolute atomic E-state index is 5.99. The van der Waals surface area contributed by atoms with Crippen molar-refractivity contribution in [3.63, 3.8) is 0 Å². The van der Waals surface area contributed by atoms with Gasteiger partial charge in [0.2, 0.25) is 0 Å². The van der Waals surface area contributed by atoms with Gasteiger partial charge >= 0.3 is 0 Å². The summed E-state index contributed by atoms with van der Waals surface area (Å²) in [5.74, 6) is 1.05. The highest BCUT2D eigenvalue weighted by molar-refractivity contribution is 7.07. The van der Waals surface area contributed by atoms with E-state index in [0.29, 0.717) is 0 Å². The van der Waals surface area contributed by atoms with Crippen LogP contribution in [-0.4, -0.2) is 6.54 Å². The summed E-state index contributed by atoms with van der Waals surface area (Å²) in [5, 5.41) is 9.10. The van der Waals surface area contributed by atoms with Crippen molar-refractivity contribution >= 4 is 22.3 Å². The zero-order chi connectivity index (χ0) is 13.9. The molecule has 0 radical (unpaired) electrons. The lowest BCUT2D eigenvalue weighted by Crippen LogP contribution is -2.21. The smallest absolute Gasteiger partial charge is 0.134 e. The molecule has 0 bridgehead atoms. The van der Waals surface area contributed by atoms with Crippen LogP contribution < -0.4 is 5.32 Å². The van der Waals surface area contributed by atoms with E-state index in [0.717, 1.165) is 24.3 Å². The Hall–Kier alpha value is -1.58. The number of thiophene rings is 1. The number of fused-ring (bicyclic) bond motifs is 1. The molecule has 3 aromatic rings. The first kappa shape index (κ1) is 13.4. The third-order valence-electron chi connectivity index (χ3n) is 3.72. The maximum Gasteiger partial charge on any atom is 0.134 e. The Morgan fingerprint density at radius 3 is 2.85 bits per heavy atom. The van der Waals surface area contributed by atoms with Gasteiger partial charge in [-0.3, -0.25) is 0 Å². The molecular weight excluding hydrogens is 266 g/mol. The number of rotatable bonds is 5. The van der Waals surface area contributed by atoms with Gasteiger partial charge in [0.05, 0.1) is 6.04 Å². The van der Waals surface area contributed by atoms with Gasteiger partial charge < -0.3 is 9.73 Å². The van der Waals surface area contributed by atoms with E-state index in [1.807, 2.05) is 12.1 Å². The molecule has 0 aliphatic carbocycles. The summed E-state index contributed by atoms with van der Waals surface area (Å²) in [6.45, 7) is 5.27. The standard InChI is InChI=1S/C17H19NOS/c1-12-15-5-3-4-6-16(15)19-17(12)13(2)18-9-7-14-8-10-20-11-14/h3-6,8,10-11,13,18H,7,9H2,1-2H3. The van der Waals surface area contributed by atoms with Crippen molar-refractivity contribution in [2.45, 2.75) is 26.3 Å². The molecular formula is C17H19NOS. The second kappa shape index (κ2) is 5.81. The summed E-state index contributed by atoms with van der Waals surface area (Å²) in [6, 6.07) is 10.6. The van der Waals surface area contributed by atoms with E-state index < -0.39 is 0 Å². The van der Waals surface area contributed by atoms with Crippen molar-refractivity contribution in [3.8, 4) is 0 Å². The molecule has 20 heavy (non-hydrogen) atoms. The van der Waals surface area contributed by atoms with E-state index in [4.69, 9.17) is 4.42 Å². The molecule has 1 atom stereocenters. The van der Waals surface area contributed by atoms with Crippen LogP contribution in [0, 0.1) is 6.92 Å². The van der Waals surface area contributed by atoms with Gasteiger partial charge in [-0.2, -0.15) is 11.3 Å². The molecule has 1 unspecified atom stereocenters. The summed E-state index contributed by atoms with van der Waals surface area (Å²) < 4.78 is 5.99. The largest absolute Gasteiger partial charge is 0.459 e. The van der Waals surface area contributed by atoms with E-state index in [1.165, 1.54) is 16.5 Å². The Labute approximate surface area is 123 Å². The number of furan rings is 1. The second-order valence-electron chi connectivity index (χ2n) is 5.14. The van der Waals surface area contributed by atoms with E-state index in [1.54, 1.807) is 11.3 Å². The first-order valence-corrected chi connectivity index (χ1v) is 7.92. The number of hydrogen-bond acceptors (Lipinski definition) is 3. The zero-order valence-corrected chi connectivity index (χ0v) is 12.7. The van der Waals surface area contributed by atoms with Crippen LogP contribution in [0.5, 0.6) is 0 Å². The average molecular weight is 285 g/mol. The van der Waals surface area contributed by atoms with Crippen molar-refractivity contribution in [2.75, 3.05) is 6.54 Å². The molecule has 0 aliphatic heterocycles. The monoisotopic (exact) mass is 285 g/mol. The number of benzene rings is 1. The third-order valence-corrected chi connectivity index (χ3v) is 4.45. The quantitative estimate of drug-likeness (QED) is 0.735. The number of hydrogen-bond donors (Lipinski definition) is 1. The Bertz CT molecular complexity index is 684. The molecule has 0 amide bonds. The van der Waals surface area contributed by atoms with Crippen LogP contribution in [0.15, 0.2) is 45.5 Å². The highest BCUT2D eigenvalue weighted by Crippen LogP contribution is 2.29. The molecule has 0 fully saturated rings.